The predicted molar refractivity (Wildman–Crippen MR) is 101 cm³/mol. The second-order valence-corrected chi connectivity index (χ2v) is 6.74. The molecule has 4 nitrogen and oxygen atoms in total. The Morgan fingerprint density at radius 2 is 1.66 bits per heavy atom. The molecule has 0 bridgehead atoms. The molecule has 4 aromatic rings. The average Bonchev–Trinajstić information content (AvgIpc) is 3.40. The zero-order valence-electron chi connectivity index (χ0n) is 15.0. The Morgan fingerprint density at radius 1 is 0.931 bits per heavy atom. The summed E-state index contributed by atoms with van der Waals surface area (Å²) in [6, 6.07) is 13.7. The van der Waals surface area contributed by atoms with E-state index in [4.69, 9.17) is 9.05 Å². The molecular formula is C22H13F3N2O2. The number of hydrogen-bond acceptors (Lipinski definition) is 4. The van der Waals surface area contributed by atoms with Crippen molar-refractivity contribution in [2.45, 2.75) is 12.6 Å². The van der Waals surface area contributed by atoms with Gasteiger partial charge >= 0.3 is 6.18 Å². The topological polar surface area (TPSA) is 52.1 Å². The number of aromatic nitrogens is 2. The van der Waals surface area contributed by atoms with Gasteiger partial charge in [-0.1, -0.05) is 71.5 Å². The van der Waals surface area contributed by atoms with Crippen molar-refractivity contribution in [2.75, 3.05) is 0 Å². The number of halogens is 3. The lowest BCUT2D eigenvalue weighted by Gasteiger charge is -2.07. The SMILES string of the molecule is C=Cc1ccc2c(c1)Cc1c-2noc1-c1noc(-c2ccccc2)c1C(F)(F)F. The van der Waals surface area contributed by atoms with Gasteiger partial charge < -0.3 is 9.05 Å². The molecule has 0 saturated heterocycles. The Kier molecular flexibility index (Phi) is 3.74. The Bertz CT molecular complexity index is 1240. The van der Waals surface area contributed by atoms with E-state index in [9.17, 15) is 13.2 Å². The highest BCUT2D eigenvalue weighted by Gasteiger charge is 2.43. The number of fused-ring (bicyclic) bond motifs is 3. The lowest BCUT2D eigenvalue weighted by Crippen LogP contribution is -2.07. The van der Waals surface area contributed by atoms with E-state index in [1.807, 2.05) is 18.2 Å². The quantitative estimate of drug-likeness (QED) is 0.364. The van der Waals surface area contributed by atoms with Gasteiger partial charge in [0.15, 0.2) is 17.2 Å². The van der Waals surface area contributed by atoms with Crippen LogP contribution in [0.1, 0.15) is 22.3 Å². The molecule has 2 aromatic heterocycles. The summed E-state index contributed by atoms with van der Waals surface area (Å²) in [6.07, 6.45) is -2.56. The van der Waals surface area contributed by atoms with Crippen molar-refractivity contribution in [1.82, 2.24) is 10.3 Å². The smallest absolute Gasteiger partial charge is 0.355 e. The Balaban J connectivity index is 1.67. The molecular weight excluding hydrogens is 381 g/mol. The molecule has 0 radical (unpaired) electrons. The van der Waals surface area contributed by atoms with Crippen LogP contribution in [0.15, 0.2) is 64.2 Å². The van der Waals surface area contributed by atoms with Crippen LogP contribution in [0.25, 0.3) is 40.1 Å². The fraction of sp³-hybridized carbons (Fsp3) is 0.0909. The van der Waals surface area contributed by atoms with Gasteiger partial charge in [-0.15, -0.1) is 0 Å². The van der Waals surface area contributed by atoms with Gasteiger partial charge in [0.05, 0.1) is 0 Å². The van der Waals surface area contributed by atoms with Crippen LogP contribution in [0.3, 0.4) is 0 Å². The summed E-state index contributed by atoms with van der Waals surface area (Å²) in [5, 5.41) is 7.76. The molecule has 0 spiro atoms. The van der Waals surface area contributed by atoms with Crippen LogP contribution in [-0.4, -0.2) is 10.3 Å². The Labute approximate surface area is 163 Å². The summed E-state index contributed by atoms with van der Waals surface area (Å²) < 4.78 is 52.3. The van der Waals surface area contributed by atoms with E-state index in [0.717, 1.165) is 16.7 Å². The Hall–Kier alpha value is -3.61. The van der Waals surface area contributed by atoms with Gasteiger partial charge in [0, 0.05) is 23.1 Å². The van der Waals surface area contributed by atoms with E-state index in [-0.39, 0.29) is 22.8 Å². The third-order valence-corrected chi connectivity index (χ3v) is 5.00. The van der Waals surface area contributed by atoms with E-state index in [2.05, 4.69) is 16.9 Å². The molecule has 0 amide bonds. The summed E-state index contributed by atoms with van der Waals surface area (Å²) >= 11 is 0. The predicted octanol–water partition coefficient (Wildman–Crippen LogP) is 6.23. The summed E-state index contributed by atoms with van der Waals surface area (Å²) in [4.78, 5) is 0. The maximum Gasteiger partial charge on any atom is 0.422 e. The lowest BCUT2D eigenvalue weighted by atomic mass is 10.0. The van der Waals surface area contributed by atoms with Gasteiger partial charge in [-0.05, 0) is 11.1 Å². The molecule has 1 aliphatic rings. The molecule has 0 atom stereocenters. The van der Waals surface area contributed by atoms with Crippen molar-refractivity contribution in [3.8, 4) is 34.0 Å². The van der Waals surface area contributed by atoms with Gasteiger partial charge in [0.1, 0.15) is 11.3 Å². The first kappa shape index (κ1) is 17.5. The van der Waals surface area contributed by atoms with E-state index >= 15 is 0 Å². The molecule has 144 valence electrons. The fourth-order valence-electron chi connectivity index (χ4n) is 3.67. The van der Waals surface area contributed by atoms with Crippen molar-refractivity contribution in [2.24, 2.45) is 0 Å². The maximum absolute atomic E-state index is 14.0. The van der Waals surface area contributed by atoms with E-state index in [1.54, 1.807) is 24.3 Å². The number of nitrogens with zero attached hydrogens (tertiary/aromatic N) is 2. The van der Waals surface area contributed by atoms with E-state index in [0.29, 0.717) is 17.7 Å². The number of hydrogen-bond donors (Lipinski definition) is 0. The summed E-state index contributed by atoms with van der Waals surface area (Å²) in [7, 11) is 0. The first-order valence-corrected chi connectivity index (χ1v) is 8.84. The third-order valence-electron chi connectivity index (χ3n) is 5.00. The Morgan fingerprint density at radius 3 is 2.38 bits per heavy atom. The van der Waals surface area contributed by atoms with Crippen LogP contribution >= 0.6 is 0 Å². The fourth-order valence-corrected chi connectivity index (χ4v) is 3.67. The molecule has 1 aliphatic carbocycles. The number of alkyl halides is 3. The van der Waals surface area contributed by atoms with Gasteiger partial charge in [-0.25, -0.2) is 0 Å². The summed E-state index contributed by atoms with van der Waals surface area (Å²) in [5.74, 6) is -0.364. The van der Waals surface area contributed by atoms with Crippen molar-refractivity contribution in [3.05, 3.63) is 77.4 Å². The summed E-state index contributed by atoms with van der Waals surface area (Å²) in [5.41, 5.74) is 2.75. The van der Waals surface area contributed by atoms with Gasteiger partial charge in [0.25, 0.3) is 0 Å². The second-order valence-electron chi connectivity index (χ2n) is 6.74. The minimum Gasteiger partial charge on any atom is -0.355 e. The van der Waals surface area contributed by atoms with E-state index in [1.165, 1.54) is 12.1 Å². The van der Waals surface area contributed by atoms with Crippen LogP contribution in [0.5, 0.6) is 0 Å². The molecule has 2 aromatic carbocycles. The van der Waals surface area contributed by atoms with Gasteiger partial charge in [-0.2, -0.15) is 13.2 Å². The van der Waals surface area contributed by atoms with Crippen LogP contribution in [-0.2, 0) is 12.6 Å². The van der Waals surface area contributed by atoms with Crippen molar-refractivity contribution in [3.63, 3.8) is 0 Å². The highest BCUT2D eigenvalue weighted by atomic mass is 19.4. The van der Waals surface area contributed by atoms with Crippen LogP contribution < -0.4 is 0 Å². The molecule has 0 fully saturated rings. The molecule has 29 heavy (non-hydrogen) atoms. The van der Waals surface area contributed by atoms with Crippen molar-refractivity contribution >= 4 is 6.08 Å². The molecule has 2 heterocycles. The monoisotopic (exact) mass is 394 g/mol. The van der Waals surface area contributed by atoms with Crippen molar-refractivity contribution < 1.29 is 22.2 Å². The maximum atomic E-state index is 14.0. The third kappa shape index (κ3) is 2.69. The molecule has 0 saturated carbocycles. The van der Waals surface area contributed by atoms with Crippen LogP contribution in [0.4, 0.5) is 13.2 Å². The first-order chi connectivity index (χ1) is 14.0. The molecule has 0 unspecified atom stereocenters. The van der Waals surface area contributed by atoms with Gasteiger partial charge in [-0.3, -0.25) is 0 Å². The second kappa shape index (κ2) is 6.20. The normalized spacial score (nSPS) is 12.7. The van der Waals surface area contributed by atoms with Crippen LogP contribution in [0, 0.1) is 0 Å². The minimum atomic E-state index is -4.68. The standard InChI is InChI=1S/C22H13F3N2O2/c1-2-12-8-9-15-14(10-12)11-16-18(15)26-29-21(16)19-17(22(23,24)25)20(28-27-19)13-6-4-3-5-7-13/h2-10H,1,11H2. The molecule has 5 rings (SSSR count). The highest BCUT2D eigenvalue weighted by Crippen LogP contribution is 2.47. The zero-order chi connectivity index (χ0) is 20.2. The van der Waals surface area contributed by atoms with Gasteiger partial charge in [0.2, 0.25) is 0 Å². The minimum absolute atomic E-state index is 0.0189. The zero-order valence-corrected chi connectivity index (χ0v) is 15.0. The molecule has 7 heteroatoms. The largest absolute Gasteiger partial charge is 0.422 e. The first-order valence-electron chi connectivity index (χ1n) is 8.84. The highest BCUT2D eigenvalue weighted by molar-refractivity contribution is 5.82. The molecule has 0 N–H and O–H groups in total. The number of benzene rings is 2. The van der Waals surface area contributed by atoms with Crippen molar-refractivity contribution in [1.29, 1.82) is 0 Å². The van der Waals surface area contributed by atoms with E-state index < -0.39 is 11.7 Å². The number of rotatable bonds is 3. The van der Waals surface area contributed by atoms with Crippen LogP contribution in [0.2, 0.25) is 0 Å². The lowest BCUT2D eigenvalue weighted by molar-refractivity contribution is -0.136. The summed E-state index contributed by atoms with van der Waals surface area (Å²) in [6.45, 7) is 3.75. The molecule has 0 aliphatic heterocycles. The average molecular weight is 394 g/mol.